The number of fused-ring (bicyclic) bond motifs is 1. The Bertz CT molecular complexity index is 1220. The van der Waals surface area contributed by atoms with Gasteiger partial charge in [-0.3, -0.25) is 4.99 Å². The molecule has 0 saturated carbocycles. The van der Waals surface area contributed by atoms with Crippen molar-refractivity contribution in [2.24, 2.45) is 4.99 Å². The van der Waals surface area contributed by atoms with Gasteiger partial charge >= 0.3 is 0 Å². The van der Waals surface area contributed by atoms with Gasteiger partial charge in [0.2, 0.25) is 0 Å². The average molecular weight is 372 g/mol. The molecule has 4 aromatic carbocycles. The zero-order chi connectivity index (χ0) is 19.5. The van der Waals surface area contributed by atoms with E-state index in [4.69, 9.17) is 4.99 Å². The number of aliphatic imine (C=N–C) groups is 1. The molecule has 0 atom stereocenters. The van der Waals surface area contributed by atoms with Gasteiger partial charge in [0, 0.05) is 23.4 Å². The number of H-pyrrole nitrogens is 1. The van der Waals surface area contributed by atoms with Crippen LogP contribution < -0.4 is 0 Å². The first-order chi connectivity index (χ1) is 14.4. The number of para-hydroxylation sites is 1. The molecule has 0 saturated heterocycles. The highest BCUT2D eigenvalue weighted by molar-refractivity contribution is 5.98. The molecule has 0 radical (unpaired) electrons. The van der Waals surface area contributed by atoms with Gasteiger partial charge in [0.1, 0.15) is 0 Å². The van der Waals surface area contributed by atoms with Crippen LogP contribution in [0.1, 0.15) is 5.56 Å². The van der Waals surface area contributed by atoms with Crippen LogP contribution in [0.15, 0.2) is 114 Å². The summed E-state index contributed by atoms with van der Waals surface area (Å²) >= 11 is 0. The van der Waals surface area contributed by atoms with Crippen LogP contribution in [-0.2, 0) is 0 Å². The van der Waals surface area contributed by atoms with Gasteiger partial charge in [-0.1, -0.05) is 78.9 Å². The summed E-state index contributed by atoms with van der Waals surface area (Å²) in [6.07, 6.45) is 3.91. The SMILES string of the molecule is C(=N\c1cc(-c2ccccc2)cc(-c2ccccc2)c1)/c1cccc2cc[nH]c12. The van der Waals surface area contributed by atoms with Gasteiger partial charge in [0.05, 0.1) is 11.2 Å². The fourth-order valence-electron chi connectivity index (χ4n) is 3.64. The van der Waals surface area contributed by atoms with Crippen LogP contribution in [0.3, 0.4) is 0 Å². The van der Waals surface area contributed by atoms with E-state index in [0.717, 1.165) is 27.9 Å². The van der Waals surface area contributed by atoms with Crippen molar-refractivity contribution in [1.29, 1.82) is 0 Å². The molecule has 1 heterocycles. The Kier molecular flexibility index (Phi) is 4.51. The predicted octanol–water partition coefficient (Wildman–Crippen LogP) is 7.25. The molecule has 1 N–H and O–H groups in total. The lowest BCUT2D eigenvalue weighted by Crippen LogP contribution is -1.85. The number of aromatic amines is 1. The third-order valence-electron chi connectivity index (χ3n) is 5.10. The van der Waals surface area contributed by atoms with E-state index in [0.29, 0.717) is 0 Å². The summed E-state index contributed by atoms with van der Waals surface area (Å²) in [6.45, 7) is 0. The molecule has 0 aliphatic rings. The topological polar surface area (TPSA) is 28.1 Å². The number of nitrogens with zero attached hydrogens (tertiary/aromatic N) is 1. The molecule has 2 nitrogen and oxygen atoms in total. The van der Waals surface area contributed by atoms with Crippen molar-refractivity contribution >= 4 is 22.8 Å². The molecule has 0 bridgehead atoms. The van der Waals surface area contributed by atoms with E-state index in [1.54, 1.807) is 0 Å². The van der Waals surface area contributed by atoms with Gasteiger partial charge in [-0.15, -0.1) is 0 Å². The van der Waals surface area contributed by atoms with Crippen LogP contribution in [0.4, 0.5) is 5.69 Å². The first-order valence-corrected chi connectivity index (χ1v) is 9.73. The summed E-state index contributed by atoms with van der Waals surface area (Å²) in [5.74, 6) is 0. The van der Waals surface area contributed by atoms with Gasteiger partial charge in [0.15, 0.2) is 0 Å². The highest BCUT2D eigenvalue weighted by Crippen LogP contribution is 2.31. The average Bonchev–Trinajstić information content (AvgIpc) is 3.28. The van der Waals surface area contributed by atoms with E-state index in [-0.39, 0.29) is 0 Å². The molecular formula is C27H20N2. The third kappa shape index (κ3) is 3.61. The highest BCUT2D eigenvalue weighted by atomic mass is 14.7. The third-order valence-corrected chi connectivity index (χ3v) is 5.10. The summed E-state index contributed by atoms with van der Waals surface area (Å²) in [7, 11) is 0. The molecular weight excluding hydrogens is 352 g/mol. The number of aromatic nitrogens is 1. The molecule has 5 aromatic rings. The Labute approximate surface area is 170 Å². The number of rotatable bonds is 4. The fourth-order valence-corrected chi connectivity index (χ4v) is 3.64. The maximum atomic E-state index is 4.83. The van der Waals surface area contributed by atoms with Crippen molar-refractivity contribution in [2.75, 3.05) is 0 Å². The number of benzene rings is 4. The minimum atomic E-state index is 0.939. The molecule has 0 unspecified atom stereocenters. The lowest BCUT2D eigenvalue weighted by Gasteiger charge is -2.09. The van der Waals surface area contributed by atoms with Gasteiger partial charge in [-0.2, -0.15) is 0 Å². The lowest BCUT2D eigenvalue weighted by molar-refractivity contribution is 1.46. The van der Waals surface area contributed by atoms with E-state index in [1.807, 2.05) is 24.5 Å². The summed E-state index contributed by atoms with van der Waals surface area (Å²) in [5, 5.41) is 1.19. The Morgan fingerprint density at radius 1 is 0.586 bits per heavy atom. The fraction of sp³-hybridized carbons (Fsp3) is 0. The van der Waals surface area contributed by atoms with Gasteiger partial charge in [0.25, 0.3) is 0 Å². The molecule has 2 heteroatoms. The lowest BCUT2D eigenvalue weighted by atomic mass is 9.98. The summed E-state index contributed by atoms with van der Waals surface area (Å²) in [5.41, 5.74) is 7.84. The first kappa shape index (κ1) is 17.2. The number of hydrogen-bond donors (Lipinski definition) is 1. The summed E-state index contributed by atoms with van der Waals surface area (Å²) < 4.78 is 0. The Hall–Kier alpha value is -3.91. The van der Waals surface area contributed by atoms with Crippen molar-refractivity contribution in [2.45, 2.75) is 0 Å². The van der Waals surface area contributed by atoms with Gasteiger partial charge < -0.3 is 4.98 Å². The van der Waals surface area contributed by atoms with E-state index < -0.39 is 0 Å². The van der Waals surface area contributed by atoms with Crippen LogP contribution in [0.25, 0.3) is 33.2 Å². The minimum absolute atomic E-state index is 0.939. The van der Waals surface area contributed by atoms with Crippen molar-refractivity contribution in [3.05, 3.63) is 115 Å². The maximum absolute atomic E-state index is 4.83. The second kappa shape index (κ2) is 7.61. The minimum Gasteiger partial charge on any atom is -0.361 e. The first-order valence-electron chi connectivity index (χ1n) is 9.73. The van der Waals surface area contributed by atoms with Gasteiger partial charge in [-0.05, 0) is 46.5 Å². The summed E-state index contributed by atoms with van der Waals surface area (Å²) in [4.78, 5) is 8.14. The second-order valence-electron chi connectivity index (χ2n) is 7.05. The molecule has 0 spiro atoms. The van der Waals surface area contributed by atoms with Crippen molar-refractivity contribution in [3.8, 4) is 22.3 Å². The van der Waals surface area contributed by atoms with Crippen molar-refractivity contribution in [1.82, 2.24) is 4.98 Å². The monoisotopic (exact) mass is 372 g/mol. The Morgan fingerprint density at radius 2 is 1.24 bits per heavy atom. The van der Waals surface area contributed by atoms with E-state index in [1.165, 1.54) is 16.5 Å². The molecule has 29 heavy (non-hydrogen) atoms. The van der Waals surface area contributed by atoms with Gasteiger partial charge in [-0.25, -0.2) is 0 Å². The molecule has 0 amide bonds. The molecule has 0 fully saturated rings. The Balaban J connectivity index is 1.61. The quantitative estimate of drug-likeness (QED) is 0.322. The van der Waals surface area contributed by atoms with E-state index in [9.17, 15) is 0 Å². The van der Waals surface area contributed by atoms with E-state index >= 15 is 0 Å². The number of hydrogen-bond acceptors (Lipinski definition) is 1. The zero-order valence-electron chi connectivity index (χ0n) is 15.9. The molecule has 0 aliphatic carbocycles. The van der Waals surface area contributed by atoms with E-state index in [2.05, 4.69) is 96.0 Å². The zero-order valence-corrected chi connectivity index (χ0v) is 15.9. The van der Waals surface area contributed by atoms with Crippen LogP contribution in [0.5, 0.6) is 0 Å². The Morgan fingerprint density at radius 3 is 1.90 bits per heavy atom. The van der Waals surface area contributed by atoms with Crippen LogP contribution in [-0.4, -0.2) is 11.2 Å². The second-order valence-corrected chi connectivity index (χ2v) is 7.05. The molecule has 138 valence electrons. The predicted molar refractivity (Wildman–Crippen MR) is 123 cm³/mol. The standard InChI is InChI=1S/C27H20N2/c1-3-8-20(9-4-1)24-16-25(21-10-5-2-6-11-21)18-26(17-24)29-19-23-13-7-12-22-14-15-28-27(22)23/h1-19,28H/b29-19+. The molecule has 1 aromatic heterocycles. The molecule has 5 rings (SSSR count). The smallest absolute Gasteiger partial charge is 0.0642 e. The van der Waals surface area contributed by atoms with Crippen LogP contribution >= 0.6 is 0 Å². The van der Waals surface area contributed by atoms with Crippen molar-refractivity contribution < 1.29 is 0 Å². The largest absolute Gasteiger partial charge is 0.361 e. The normalized spacial score (nSPS) is 11.3. The summed E-state index contributed by atoms with van der Waals surface area (Å²) in [6, 6.07) is 35.8. The molecule has 0 aliphatic heterocycles. The van der Waals surface area contributed by atoms with Crippen molar-refractivity contribution in [3.63, 3.8) is 0 Å². The van der Waals surface area contributed by atoms with Crippen LogP contribution in [0.2, 0.25) is 0 Å². The van der Waals surface area contributed by atoms with Crippen LogP contribution in [0, 0.1) is 0 Å². The highest BCUT2D eigenvalue weighted by Gasteiger charge is 2.05. The maximum Gasteiger partial charge on any atom is 0.0642 e. The number of nitrogens with one attached hydrogen (secondary N) is 1.